The third-order valence-corrected chi connectivity index (χ3v) is 5.02. The molecule has 0 unspecified atom stereocenters. The molecule has 0 radical (unpaired) electrons. The van der Waals surface area contributed by atoms with Crippen LogP contribution in [0, 0.1) is 11.3 Å². The highest BCUT2D eigenvalue weighted by molar-refractivity contribution is 5.67. The molecule has 2 aromatic rings. The van der Waals surface area contributed by atoms with Crippen LogP contribution in [0.2, 0.25) is 0 Å². The summed E-state index contributed by atoms with van der Waals surface area (Å²) in [6.07, 6.45) is -2.01. The van der Waals surface area contributed by atoms with E-state index in [-0.39, 0.29) is 17.1 Å². The predicted octanol–water partition coefficient (Wildman–Crippen LogP) is 3.32. The van der Waals surface area contributed by atoms with Gasteiger partial charge in [0.1, 0.15) is 11.9 Å². The van der Waals surface area contributed by atoms with Crippen LogP contribution in [0.3, 0.4) is 0 Å². The average molecular weight is 373 g/mol. The lowest BCUT2D eigenvalue weighted by atomic mass is 10.0. The first-order valence-electron chi connectivity index (χ1n) is 8.90. The Hall–Kier alpha value is -2.66. The maximum Gasteiger partial charge on any atom is 0.417 e. The van der Waals surface area contributed by atoms with E-state index < -0.39 is 11.7 Å². The molecule has 0 amide bonds. The molecule has 0 N–H and O–H groups in total. The molecule has 1 aliphatic carbocycles. The first kappa shape index (κ1) is 17.7. The summed E-state index contributed by atoms with van der Waals surface area (Å²) in [6, 6.07) is 9.39. The van der Waals surface area contributed by atoms with E-state index in [2.05, 4.69) is 14.9 Å². The van der Waals surface area contributed by atoms with Gasteiger partial charge in [-0.05, 0) is 18.9 Å². The van der Waals surface area contributed by atoms with Gasteiger partial charge in [0.25, 0.3) is 0 Å². The van der Waals surface area contributed by atoms with Gasteiger partial charge in [-0.3, -0.25) is 4.90 Å². The number of hydrogen-bond donors (Lipinski definition) is 0. The van der Waals surface area contributed by atoms with Crippen molar-refractivity contribution >= 4 is 5.82 Å². The quantitative estimate of drug-likeness (QED) is 0.826. The van der Waals surface area contributed by atoms with Gasteiger partial charge in [0.15, 0.2) is 0 Å². The summed E-state index contributed by atoms with van der Waals surface area (Å²) < 4.78 is 40.1. The summed E-state index contributed by atoms with van der Waals surface area (Å²) in [7, 11) is 0. The van der Waals surface area contributed by atoms with E-state index in [1.807, 2.05) is 11.0 Å². The van der Waals surface area contributed by atoms with E-state index >= 15 is 0 Å². The van der Waals surface area contributed by atoms with Crippen LogP contribution in [-0.4, -0.2) is 47.1 Å². The van der Waals surface area contributed by atoms with Crippen molar-refractivity contribution in [3.8, 4) is 17.3 Å². The van der Waals surface area contributed by atoms with Crippen LogP contribution in [0.5, 0.6) is 0 Å². The molecule has 1 aromatic heterocycles. The first-order chi connectivity index (χ1) is 13.0. The molecule has 0 spiro atoms. The molecule has 1 saturated carbocycles. The Morgan fingerprint density at radius 3 is 2.37 bits per heavy atom. The summed E-state index contributed by atoms with van der Waals surface area (Å²) >= 11 is 0. The molecule has 0 atom stereocenters. The van der Waals surface area contributed by atoms with Gasteiger partial charge in [0, 0.05) is 43.9 Å². The summed E-state index contributed by atoms with van der Waals surface area (Å²) in [4.78, 5) is 12.7. The van der Waals surface area contributed by atoms with E-state index in [1.54, 1.807) is 6.07 Å². The number of nitrogens with zero attached hydrogens (tertiary/aromatic N) is 5. The second-order valence-corrected chi connectivity index (χ2v) is 6.84. The van der Waals surface area contributed by atoms with Crippen LogP contribution in [0.15, 0.2) is 30.3 Å². The highest BCUT2D eigenvalue weighted by Crippen LogP contribution is 2.37. The lowest BCUT2D eigenvalue weighted by molar-refractivity contribution is -0.137. The van der Waals surface area contributed by atoms with Crippen molar-refractivity contribution in [3.63, 3.8) is 0 Å². The number of aromatic nitrogens is 2. The minimum atomic E-state index is -4.50. The molecular weight excluding hydrogens is 355 g/mol. The minimum absolute atomic E-state index is 0.0400. The second-order valence-electron chi connectivity index (χ2n) is 6.84. The third-order valence-electron chi connectivity index (χ3n) is 5.02. The second kappa shape index (κ2) is 6.82. The van der Waals surface area contributed by atoms with Crippen LogP contribution in [0.25, 0.3) is 11.3 Å². The number of hydrogen-bond acceptors (Lipinski definition) is 5. The van der Waals surface area contributed by atoms with Crippen LogP contribution >= 0.6 is 0 Å². The van der Waals surface area contributed by atoms with Crippen LogP contribution in [0.1, 0.15) is 24.2 Å². The number of alkyl halides is 3. The summed E-state index contributed by atoms with van der Waals surface area (Å²) in [6.45, 7) is 3.26. The van der Waals surface area contributed by atoms with Crippen molar-refractivity contribution < 1.29 is 13.2 Å². The Labute approximate surface area is 155 Å². The maximum atomic E-state index is 13.4. The Morgan fingerprint density at radius 2 is 1.74 bits per heavy atom. The van der Waals surface area contributed by atoms with E-state index in [0.717, 1.165) is 32.2 Å². The van der Waals surface area contributed by atoms with Crippen molar-refractivity contribution in [2.24, 2.45) is 0 Å². The lowest BCUT2D eigenvalue weighted by Gasteiger charge is -2.35. The number of nitriles is 1. The van der Waals surface area contributed by atoms with Crippen LogP contribution in [0.4, 0.5) is 19.0 Å². The zero-order chi connectivity index (χ0) is 19.0. The fourth-order valence-corrected chi connectivity index (χ4v) is 3.49. The number of rotatable bonds is 3. The fraction of sp³-hybridized carbons (Fsp3) is 0.421. The van der Waals surface area contributed by atoms with Crippen molar-refractivity contribution in [3.05, 3.63) is 41.7 Å². The molecular formula is C19H18F3N5. The Bertz CT molecular complexity index is 878. The molecule has 27 heavy (non-hydrogen) atoms. The number of anilines is 1. The van der Waals surface area contributed by atoms with Gasteiger partial charge in [0.05, 0.1) is 11.3 Å². The van der Waals surface area contributed by atoms with Gasteiger partial charge in [-0.2, -0.15) is 18.4 Å². The fourth-order valence-electron chi connectivity index (χ4n) is 3.49. The zero-order valence-electron chi connectivity index (χ0n) is 14.6. The largest absolute Gasteiger partial charge is 0.417 e. The van der Waals surface area contributed by atoms with Crippen molar-refractivity contribution in [2.45, 2.75) is 25.1 Å². The molecule has 4 rings (SSSR count). The van der Waals surface area contributed by atoms with Crippen LogP contribution < -0.4 is 4.90 Å². The average Bonchev–Trinajstić information content (AvgIpc) is 3.52. The number of piperazine rings is 1. The Balaban J connectivity index is 1.67. The van der Waals surface area contributed by atoms with Crippen molar-refractivity contribution in [1.29, 1.82) is 5.26 Å². The van der Waals surface area contributed by atoms with Gasteiger partial charge in [-0.1, -0.05) is 18.2 Å². The van der Waals surface area contributed by atoms with E-state index in [0.29, 0.717) is 11.9 Å². The van der Waals surface area contributed by atoms with Gasteiger partial charge < -0.3 is 4.90 Å². The highest BCUT2D eigenvalue weighted by Gasteiger charge is 2.34. The van der Waals surface area contributed by atoms with E-state index in [4.69, 9.17) is 0 Å². The molecule has 8 heteroatoms. The Morgan fingerprint density at radius 1 is 1.04 bits per heavy atom. The number of benzene rings is 1. The predicted molar refractivity (Wildman–Crippen MR) is 94.0 cm³/mol. The molecule has 1 saturated heterocycles. The monoisotopic (exact) mass is 373 g/mol. The van der Waals surface area contributed by atoms with E-state index in [9.17, 15) is 18.4 Å². The van der Waals surface area contributed by atoms with Crippen LogP contribution in [-0.2, 0) is 6.18 Å². The van der Waals surface area contributed by atoms with Gasteiger partial charge in [0.2, 0.25) is 5.82 Å². The molecule has 0 bridgehead atoms. The molecule has 2 aliphatic rings. The summed E-state index contributed by atoms with van der Waals surface area (Å²) in [5.41, 5.74) is -0.687. The highest BCUT2D eigenvalue weighted by atomic mass is 19.4. The summed E-state index contributed by atoms with van der Waals surface area (Å²) in [5.74, 6) is 0.382. The molecule has 2 fully saturated rings. The number of halogens is 3. The lowest BCUT2D eigenvalue weighted by Crippen LogP contribution is -2.47. The molecule has 2 heterocycles. The Kier molecular flexibility index (Phi) is 4.48. The SMILES string of the molecule is N#Cc1nc(-c2ccccc2C(F)(F)F)cc(N2CCN(C3CC3)CC2)n1. The zero-order valence-corrected chi connectivity index (χ0v) is 14.6. The first-order valence-corrected chi connectivity index (χ1v) is 8.90. The molecule has 5 nitrogen and oxygen atoms in total. The van der Waals surface area contributed by atoms with E-state index in [1.165, 1.54) is 31.0 Å². The smallest absolute Gasteiger partial charge is 0.354 e. The maximum absolute atomic E-state index is 13.4. The topological polar surface area (TPSA) is 56.1 Å². The van der Waals surface area contributed by atoms with Crippen molar-refractivity contribution in [1.82, 2.24) is 14.9 Å². The normalized spacial score (nSPS) is 18.4. The van der Waals surface area contributed by atoms with Gasteiger partial charge >= 0.3 is 6.18 Å². The molecule has 140 valence electrons. The van der Waals surface area contributed by atoms with Gasteiger partial charge in [-0.15, -0.1) is 0 Å². The third kappa shape index (κ3) is 3.74. The van der Waals surface area contributed by atoms with Crippen molar-refractivity contribution in [2.75, 3.05) is 31.1 Å². The standard InChI is InChI=1S/C19H18F3N5/c20-19(21,22)15-4-2-1-3-14(15)16-11-18(25-17(12-23)24-16)27-9-7-26(8-10-27)13-5-6-13/h1-4,11,13H,5-10H2. The molecule has 1 aliphatic heterocycles. The minimum Gasteiger partial charge on any atom is -0.354 e. The molecule has 1 aromatic carbocycles. The summed E-state index contributed by atoms with van der Waals surface area (Å²) in [5, 5.41) is 9.26. The van der Waals surface area contributed by atoms with Gasteiger partial charge in [-0.25, -0.2) is 9.97 Å².